The Labute approximate surface area is 142 Å². The predicted molar refractivity (Wildman–Crippen MR) is 88.0 cm³/mol. The number of nitrogens with zero attached hydrogens (tertiary/aromatic N) is 2. The van der Waals surface area contributed by atoms with E-state index in [1.54, 1.807) is 18.2 Å². The van der Waals surface area contributed by atoms with E-state index >= 15 is 0 Å². The lowest BCUT2D eigenvalue weighted by Crippen LogP contribution is -2.13. The summed E-state index contributed by atoms with van der Waals surface area (Å²) < 4.78 is 0.908. The van der Waals surface area contributed by atoms with Crippen molar-refractivity contribution in [3.8, 4) is 0 Å². The second-order valence-corrected chi connectivity index (χ2v) is 5.88. The zero-order valence-corrected chi connectivity index (χ0v) is 13.8. The molecule has 0 bridgehead atoms. The molecule has 9 heteroatoms. The van der Waals surface area contributed by atoms with E-state index in [0.29, 0.717) is 10.7 Å². The Morgan fingerprint density at radius 2 is 2.05 bits per heavy atom. The first-order valence-corrected chi connectivity index (χ1v) is 7.28. The Morgan fingerprint density at radius 1 is 1.33 bits per heavy atom. The summed E-state index contributed by atoms with van der Waals surface area (Å²) in [5.74, 6) is -0.626. The van der Waals surface area contributed by atoms with Crippen molar-refractivity contribution in [2.24, 2.45) is 0 Å². The molecule has 0 aliphatic heterocycles. The molecule has 1 amide bonds. The highest BCUT2D eigenvalue weighted by atomic mass is 127. The molecular formula is C12H6Cl2IN3O3. The molecule has 1 N–H and O–H groups in total. The summed E-state index contributed by atoms with van der Waals surface area (Å²) in [5, 5.41) is 13.5. The Hall–Kier alpha value is -1.45. The zero-order chi connectivity index (χ0) is 15.6. The van der Waals surface area contributed by atoms with Gasteiger partial charge in [0.15, 0.2) is 0 Å². The molecule has 108 valence electrons. The Kier molecular flexibility index (Phi) is 4.96. The van der Waals surface area contributed by atoms with E-state index in [1.807, 2.05) is 0 Å². The topological polar surface area (TPSA) is 85.1 Å². The third kappa shape index (κ3) is 3.80. The van der Waals surface area contributed by atoms with Gasteiger partial charge >= 0.3 is 0 Å². The molecule has 0 spiro atoms. The standard InChI is InChI=1S/C12H6Cl2IN3O3/c13-9-3-6(15)1-2-10(9)17-12(19)8-4-7(18(20)21)5-16-11(8)14/h1-5H,(H,17,19). The third-order valence-corrected chi connectivity index (χ3v) is 3.74. The number of carbonyl (C=O) groups excluding carboxylic acids is 1. The maximum Gasteiger partial charge on any atom is 0.288 e. The van der Waals surface area contributed by atoms with Crippen molar-refractivity contribution in [1.82, 2.24) is 4.98 Å². The van der Waals surface area contributed by atoms with Crippen LogP contribution in [0.15, 0.2) is 30.5 Å². The van der Waals surface area contributed by atoms with Crippen LogP contribution in [0.5, 0.6) is 0 Å². The minimum atomic E-state index is -0.655. The van der Waals surface area contributed by atoms with Gasteiger partial charge in [-0.1, -0.05) is 23.2 Å². The van der Waals surface area contributed by atoms with E-state index in [1.165, 1.54) is 0 Å². The van der Waals surface area contributed by atoms with Crippen molar-refractivity contribution in [3.63, 3.8) is 0 Å². The van der Waals surface area contributed by atoms with Crippen LogP contribution in [0.2, 0.25) is 10.2 Å². The Balaban J connectivity index is 2.32. The Morgan fingerprint density at radius 3 is 2.67 bits per heavy atom. The van der Waals surface area contributed by atoms with Gasteiger partial charge in [-0.15, -0.1) is 0 Å². The van der Waals surface area contributed by atoms with Crippen LogP contribution in [0.1, 0.15) is 10.4 Å². The van der Waals surface area contributed by atoms with Gasteiger partial charge in [0.1, 0.15) is 11.3 Å². The number of rotatable bonds is 3. The largest absolute Gasteiger partial charge is 0.321 e. The molecule has 0 aliphatic carbocycles. The van der Waals surface area contributed by atoms with Crippen LogP contribution in [0.25, 0.3) is 0 Å². The Bertz CT molecular complexity index is 740. The first-order valence-electron chi connectivity index (χ1n) is 5.45. The molecule has 2 aromatic rings. The van der Waals surface area contributed by atoms with Crippen LogP contribution in [-0.4, -0.2) is 15.8 Å². The van der Waals surface area contributed by atoms with Gasteiger partial charge in [-0.3, -0.25) is 14.9 Å². The van der Waals surface area contributed by atoms with Crippen molar-refractivity contribution >= 4 is 63.1 Å². The summed E-state index contributed by atoms with van der Waals surface area (Å²) in [6.45, 7) is 0. The lowest BCUT2D eigenvalue weighted by atomic mass is 10.2. The fraction of sp³-hybridized carbons (Fsp3) is 0. The maximum absolute atomic E-state index is 12.1. The van der Waals surface area contributed by atoms with Gasteiger partial charge in [-0.25, -0.2) is 4.98 Å². The summed E-state index contributed by atoms with van der Waals surface area (Å²) in [6.07, 6.45) is 0.983. The summed E-state index contributed by atoms with van der Waals surface area (Å²) >= 11 is 13.9. The summed E-state index contributed by atoms with van der Waals surface area (Å²) in [7, 11) is 0. The van der Waals surface area contributed by atoms with E-state index < -0.39 is 10.8 Å². The van der Waals surface area contributed by atoms with Crippen molar-refractivity contribution in [2.75, 3.05) is 5.32 Å². The number of hydrogen-bond donors (Lipinski definition) is 1. The summed E-state index contributed by atoms with van der Waals surface area (Å²) in [6, 6.07) is 6.12. The van der Waals surface area contributed by atoms with Gasteiger partial charge in [-0.05, 0) is 40.8 Å². The average molecular weight is 438 g/mol. The first-order chi connectivity index (χ1) is 9.88. The minimum Gasteiger partial charge on any atom is -0.321 e. The zero-order valence-electron chi connectivity index (χ0n) is 10.1. The SMILES string of the molecule is O=C(Nc1ccc(I)cc1Cl)c1cc([N+](=O)[O-])cnc1Cl. The molecule has 21 heavy (non-hydrogen) atoms. The molecular weight excluding hydrogens is 432 g/mol. The van der Waals surface area contributed by atoms with Crippen LogP contribution in [0.3, 0.4) is 0 Å². The second kappa shape index (κ2) is 6.54. The smallest absolute Gasteiger partial charge is 0.288 e. The molecule has 0 saturated carbocycles. The molecule has 0 aliphatic rings. The first kappa shape index (κ1) is 15.9. The van der Waals surface area contributed by atoms with Gasteiger partial charge in [0.05, 0.1) is 21.2 Å². The fourth-order valence-electron chi connectivity index (χ4n) is 1.48. The van der Waals surface area contributed by atoms with Gasteiger partial charge in [0.2, 0.25) is 0 Å². The number of aromatic nitrogens is 1. The average Bonchev–Trinajstić information content (AvgIpc) is 2.42. The normalized spacial score (nSPS) is 10.2. The van der Waals surface area contributed by atoms with Gasteiger partial charge in [0.25, 0.3) is 11.6 Å². The van der Waals surface area contributed by atoms with E-state index in [4.69, 9.17) is 23.2 Å². The number of nitrogens with one attached hydrogen (secondary N) is 1. The highest BCUT2D eigenvalue weighted by molar-refractivity contribution is 14.1. The third-order valence-electron chi connectivity index (χ3n) is 2.46. The van der Waals surface area contributed by atoms with Crippen LogP contribution < -0.4 is 5.32 Å². The maximum atomic E-state index is 12.1. The predicted octanol–water partition coefficient (Wildman–Crippen LogP) is 4.15. The number of hydrogen-bond acceptors (Lipinski definition) is 4. The molecule has 0 radical (unpaired) electrons. The van der Waals surface area contributed by atoms with Gasteiger partial charge < -0.3 is 5.32 Å². The second-order valence-electron chi connectivity index (χ2n) is 3.87. The number of carbonyl (C=O) groups is 1. The number of halogens is 3. The van der Waals surface area contributed by atoms with Crippen LogP contribution >= 0.6 is 45.8 Å². The van der Waals surface area contributed by atoms with Gasteiger partial charge in [-0.2, -0.15) is 0 Å². The van der Waals surface area contributed by atoms with Crippen molar-refractivity contribution in [1.29, 1.82) is 0 Å². The molecule has 1 aromatic carbocycles. The van der Waals surface area contributed by atoms with E-state index in [2.05, 4.69) is 32.9 Å². The van der Waals surface area contributed by atoms with Crippen molar-refractivity contribution in [2.45, 2.75) is 0 Å². The van der Waals surface area contributed by atoms with E-state index in [0.717, 1.165) is 15.8 Å². The molecule has 0 saturated heterocycles. The highest BCUT2D eigenvalue weighted by Crippen LogP contribution is 2.26. The van der Waals surface area contributed by atoms with Gasteiger partial charge in [0, 0.05) is 9.64 Å². The fourth-order valence-corrected chi connectivity index (χ4v) is 2.57. The molecule has 1 aromatic heterocycles. The molecule has 6 nitrogen and oxygen atoms in total. The van der Waals surface area contributed by atoms with Crippen molar-refractivity contribution < 1.29 is 9.72 Å². The quantitative estimate of drug-likeness (QED) is 0.338. The van der Waals surface area contributed by atoms with Crippen LogP contribution in [0.4, 0.5) is 11.4 Å². The summed E-state index contributed by atoms with van der Waals surface area (Å²) in [5.41, 5.74) is -0.0385. The van der Waals surface area contributed by atoms with E-state index in [9.17, 15) is 14.9 Å². The lowest BCUT2D eigenvalue weighted by molar-refractivity contribution is -0.385. The number of amides is 1. The summed E-state index contributed by atoms with van der Waals surface area (Å²) in [4.78, 5) is 25.8. The monoisotopic (exact) mass is 437 g/mol. The van der Waals surface area contributed by atoms with Crippen LogP contribution in [-0.2, 0) is 0 Å². The van der Waals surface area contributed by atoms with E-state index in [-0.39, 0.29) is 16.4 Å². The number of anilines is 1. The molecule has 1 heterocycles. The minimum absolute atomic E-state index is 0.0968. The number of pyridine rings is 1. The van der Waals surface area contributed by atoms with Crippen LogP contribution in [0, 0.1) is 13.7 Å². The molecule has 0 fully saturated rings. The lowest BCUT2D eigenvalue weighted by Gasteiger charge is -2.08. The number of nitro groups is 1. The van der Waals surface area contributed by atoms with Crippen molar-refractivity contribution in [3.05, 3.63) is 59.9 Å². The number of benzene rings is 1. The molecule has 0 atom stereocenters. The highest BCUT2D eigenvalue weighted by Gasteiger charge is 2.18. The molecule has 2 rings (SSSR count). The molecule has 0 unspecified atom stereocenters.